The summed E-state index contributed by atoms with van der Waals surface area (Å²) in [6.45, 7) is 0.345. The van der Waals surface area contributed by atoms with Crippen LogP contribution in [0.1, 0.15) is 11.9 Å². The van der Waals surface area contributed by atoms with Crippen LogP contribution in [0.5, 0.6) is 11.5 Å². The second kappa shape index (κ2) is 5.03. The van der Waals surface area contributed by atoms with Crippen molar-refractivity contribution in [3.8, 4) is 11.5 Å². The van der Waals surface area contributed by atoms with Gasteiger partial charge in [-0.05, 0) is 12.1 Å². The Morgan fingerprint density at radius 2 is 1.52 bits per heavy atom. The summed E-state index contributed by atoms with van der Waals surface area (Å²) in [4.78, 5) is 11.1. The van der Waals surface area contributed by atoms with E-state index in [1.54, 1.807) is 6.26 Å². The van der Waals surface area contributed by atoms with Gasteiger partial charge < -0.3 is 19.1 Å². The zero-order valence-corrected chi connectivity index (χ0v) is 11.1. The molecule has 0 bridgehead atoms. The Morgan fingerprint density at radius 3 is 2.24 bits per heavy atom. The molecule has 0 saturated heterocycles. The fourth-order valence-corrected chi connectivity index (χ4v) is 2.19. The molecule has 0 fully saturated rings. The summed E-state index contributed by atoms with van der Waals surface area (Å²) in [6, 6.07) is 17.3. The molecule has 1 atom stereocenters. The van der Waals surface area contributed by atoms with Gasteiger partial charge in [0, 0.05) is 10.8 Å². The number of ether oxygens (including phenoxy) is 2. The van der Waals surface area contributed by atoms with E-state index in [0.717, 1.165) is 5.56 Å². The van der Waals surface area contributed by atoms with Gasteiger partial charge in [-0.3, -0.25) is 0 Å². The van der Waals surface area contributed by atoms with Crippen molar-refractivity contribution in [2.24, 2.45) is 0 Å². The summed E-state index contributed by atoms with van der Waals surface area (Å²) in [7, 11) is 0. The first kappa shape index (κ1) is 12.1. The molecular formula is C16H13NO4. The standard InChI is InChI=1S/C16H13NO4/c1-2-6-12(7-3-1)16-18-11-13(19-16)10-17-20-14-8-4-5-9-15(14)21-17/h1-9,11,16H,10H2. The van der Waals surface area contributed by atoms with E-state index in [2.05, 4.69) is 0 Å². The maximum absolute atomic E-state index is 5.75. The van der Waals surface area contributed by atoms with Crippen LogP contribution < -0.4 is 9.68 Å². The maximum Gasteiger partial charge on any atom is 0.266 e. The quantitative estimate of drug-likeness (QED) is 0.865. The van der Waals surface area contributed by atoms with Gasteiger partial charge in [-0.15, -0.1) is 0 Å². The Morgan fingerprint density at radius 1 is 0.857 bits per heavy atom. The van der Waals surface area contributed by atoms with Gasteiger partial charge in [0.05, 0.1) is 0 Å². The van der Waals surface area contributed by atoms with Crippen LogP contribution in [0.15, 0.2) is 66.6 Å². The van der Waals surface area contributed by atoms with Crippen molar-refractivity contribution in [3.05, 3.63) is 72.2 Å². The molecule has 0 radical (unpaired) electrons. The molecule has 0 spiro atoms. The lowest BCUT2D eigenvalue weighted by Crippen LogP contribution is -2.28. The third-order valence-electron chi connectivity index (χ3n) is 3.19. The van der Waals surface area contributed by atoms with Crippen molar-refractivity contribution in [2.45, 2.75) is 6.29 Å². The topological polar surface area (TPSA) is 40.2 Å². The summed E-state index contributed by atoms with van der Waals surface area (Å²) < 4.78 is 11.3. The molecular weight excluding hydrogens is 270 g/mol. The highest BCUT2D eigenvalue weighted by Crippen LogP contribution is 2.35. The number of hydroxylamine groups is 2. The van der Waals surface area contributed by atoms with Crippen molar-refractivity contribution >= 4 is 0 Å². The molecule has 2 aliphatic rings. The van der Waals surface area contributed by atoms with E-state index in [1.807, 2.05) is 54.6 Å². The van der Waals surface area contributed by atoms with E-state index < -0.39 is 6.29 Å². The number of para-hydroxylation sites is 2. The van der Waals surface area contributed by atoms with Crippen LogP contribution in [-0.2, 0) is 9.47 Å². The lowest BCUT2D eigenvalue weighted by atomic mass is 10.2. The van der Waals surface area contributed by atoms with E-state index in [4.69, 9.17) is 19.1 Å². The first-order chi connectivity index (χ1) is 10.4. The highest BCUT2D eigenvalue weighted by atomic mass is 17.0. The Labute approximate surface area is 121 Å². The molecule has 0 aromatic heterocycles. The summed E-state index contributed by atoms with van der Waals surface area (Å²) in [5, 5.41) is 1.37. The van der Waals surface area contributed by atoms with Crippen molar-refractivity contribution in [3.63, 3.8) is 0 Å². The van der Waals surface area contributed by atoms with Crippen LogP contribution >= 0.6 is 0 Å². The molecule has 21 heavy (non-hydrogen) atoms. The second-order valence-corrected chi connectivity index (χ2v) is 4.70. The molecule has 5 heteroatoms. The molecule has 4 rings (SSSR count). The van der Waals surface area contributed by atoms with Gasteiger partial charge in [0.15, 0.2) is 17.3 Å². The van der Waals surface area contributed by atoms with E-state index in [1.165, 1.54) is 5.23 Å². The van der Waals surface area contributed by atoms with Gasteiger partial charge in [-0.1, -0.05) is 42.5 Å². The first-order valence-electron chi connectivity index (χ1n) is 6.67. The van der Waals surface area contributed by atoms with Crippen molar-refractivity contribution in [1.82, 2.24) is 5.23 Å². The zero-order valence-electron chi connectivity index (χ0n) is 11.1. The number of rotatable bonds is 3. The molecule has 0 aliphatic carbocycles. The third kappa shape index (κ3) is 2.39. The first-order valence-corrected chi connectivity index (χ1v) is 6.67. The predicted octanol–water partition coefficient (Wildman–Crippen LogP) is 3.18. The Balaban J connectivity index is 1.38. The monoisotopic (exact) mass is 283 g/mol. The van der Waals surface area contributed by atoms with E-state index in [0.29, 0.717) is 23.8 Å². The number of nitrogens with zero attached hydrogens (tertiary/aromatic N) is 1. The van der Waals surface area contributed by atoms with Gasteiger partial charge in [0.1, 0.15) is 12.8 Å². The average Bonchev–Trinajstić information content (AvgIpc) is 3.14. The molecule has 1 unspecified atom stereocenters. The molecule has 2 aromatic rings. The minimum atomic E-state index is -0.411. The van der Waals surface area contributed by atoms with Gasteiger partial charge in [-0.2, -0.15) is 0 Å². The van der Waals surface area contributed by atoms with Gasteiger partial charge in [0.2, 0.25) is 0 Å². The fraction of sp³-hybridized carbons (Fsp3) is 0.125. The van der Waals surface area contributed by atoms with Crippen LogP contribution in [0.4, 0.5) is 0 Å². The SMILES string of the molecule is C1=C(CN2Oc3ccccc3O2)OC(c2ccccc2)O1. The Bertz CT molecular complexity index is 646. The van der Waals surface area contributed by atoms with Crippen molar-refractivity contribution < 1.29 is 19.1 Å². The summed E-state index contributed by atoms with van der Waals surface area (Å²) in [6.07, 6.45) is 1.18. The van der Waals surface area contributed by atoms with Crippen LogP contribution in [-0.4, -0.2) is 11.8 Å². The summed E-state index contributed by atoms with van der Waals surface area (Å²) in [5.74, 6) is 2.03. The zero-order chi connectivity index (χ0) is 14.1. The van der Waals surface area contributed by atoms with Crippen molar-refractivity contribution in [1.29, 1.82) is 0 Å². The number of hydrogen-bond donors (Lipinski definition) is 0. The normalized spacial score (nSPS) is 19.8. The fourth-order valence-electron chi connectivity index (χ4n) is 2.19. The van der Waals surface area contributed by atoms with Crippen LogP contribution in [0.25, 0.3) is 0 Å². The minimum Gasteiger partial charge on any atom is -0.455 e. The molecule has 106 valence electrons. The molecule has 2 aliphatic heterocycles. The van der Waals surface area contributed by atoms with Crippen molar-refractivity contribution in [2.75, 3.05) is 6.54 Å². The Hall–Kier alpha value is -2.66. The number of fused-ring (bicyclic) bond motifs is 1. The maximum atomic E-state index is 5.75. The molecule has 0 amide bonds. The van der Waals surface area contributed by atoms with Gasteiger partial charge in [0.25, 0.3) is 6.29 Å². The molecule has 2 aromatic carbocycles. The lowest BCUT2D eigenvalue weighted by molar-refractivity contribution is -0.225. The molecule has 2 heterocycles. The summed E-state index contributed by atoms with van der Waals surface area (Å²) in [5.41, 5.74) is 0.968. The number of hydrogen-bond acceptors (Lipinski definition) is 5. The number of benzene rings is 2. The molecule has 0 saturated carbocycles. The van der Waals surface area contributed by atoms with Crippen LogP contribution in [0.3, 0.4) is 0 Å². The van der Waals surface area contributed by atoms with Crippen LogP contribution in [0.2, 0.25) is 0 Å². The summed E-state index contributed by atoms with van der Waals surface area (Å²) >= 11 is 0. The minimum absolute atomic E-state index is 0.345. The Kier molecular flexibility index (Phi) is 2.90. The lowest BCUT2D eigenvalue weighted by Gasteiger charge is -2.14. The highest BCUT2D eigenvalue weighted by molar-refractivity contribution is 5.40. The predicted molar refractivity (Wildman–Crippen MR) is 73.8 cm³/mol. The van der Waals surface area contributed by atoms with E-state index in [9.17, 15) is 0 Å². The van der Waals surface area contributed by atoms with Gasteiger partial charge >= 0.3 is 0 Å². The molecule has 5 nitrogen and oxygen atoms in total. The third-order valence-corrected chi connectivity index (χ3v) is 3.19. The average molecular weight is 283 g/mol. The largest absolute Gasteiger partial charge is 0.455 e. The highest BCUT2D eigenvalue weighted by Gasteiger charge is 2.28. The van der Waals surface area contributed by atoms with E-state index >= 15 is 0 Å². The smallest absolute Gasteiger partial charge is 0.266 e. The van der Waals surface area contributed by atoms with E-state index in [-0.39, 0.29) is 0 Å². The molecule has 0 N–H and O–H groups in total. The van der Waals surface area contributed by atoms with Crippen LogP contribution in [0, 0.1) is 0 Å². The second-order valence-electron chi connectivity index (χ2n) is 4.70. The van der Waals surface area contributed by atoms with Gasteiger partial charge in [-0.25, -0.2) is 0 Å².